The quantitative estimate of drug-likeness (QED) is 0.161. The molecule has 0 amide bonds. The molecule has 1 nitrogen and oxygen atoms in total. The molecule has 0 aliphatic carbocycles. The molecule has 0 aliphatic heterocycles. The Morgan fingerprint density at radius 1 is 0.333 bits per heavy atom. The van der Waals surface area contributed by atoms with Crippen LogP contribution in [0.1, 0.15) is 0 Å². The first kappa shape index (κ1) is 30.8. The van der Waals surface area contributed by atoms with Crippen molar-refractivity contribution in [2.24, 2.45) is 0 Å². The Morgan fingerprint density at radius 2 is 0.907 bits per heavy atom. The van der Waals surface area contributed by atoms with Crippen LogP contribution in [0.2, 0.25) is 0 Å². The van der Waals surface area contributed by atoms with Crippen molar-refractivity contribution in [1.82, 2.24) is 0 Å². The minimum absolute atomic E-state index is 1.12. The second kappa shape index (κ2) is 12.4. The van der Waals surface area contributed by atoms with Gasteiger partial charge in [-0.1, -0.05) is 158 Å². The molecular weight excluding hydrogens is 671 g/mol. The zero-order valence-electron chi connectivity index (χ0n) is 29.4. The van der Waals surface area contributed by atoms with Crippen LogP contribution in [0.25, 0.3) is 85.5 Å². The Kier molecular flexibility index (Phi) is 7.11. The molecule has 252 valence electrons. The molecule has 0 radical (unpaired) electrons. The molecule has 2 heteroatoms. The van der Waals surface area contributed by atoms with Gasteiger partial charge in [0.25, 0.3) is 0 Å². The number of fused-ring (bicyclic) bond motifs is 8. The molecule has 11 aromatic rings. The number of rotatable bonds is 5. The monoisotopic (exact) mass is 703 g/mol. The van der Waals surface area contributed by atoms with Crippen molar-refractivity contribution in [1.29, 1.82) is 0 Å². The smallest absolute Gasteiger partial charge is 0.0546 e. The van der Waals surface area contributed by atoms with E-state index in [9.17, 15) is 0 Å². The van der Waals surface area contributed by atoms with Gasteiger partial charge in [-0.2, -0.15) is 0 Å². The highest BCUT2D eigenvalue weighted by Crippen LogP contribution is 2.50. The number of anilines is 3. The second-order valence-electron chi connectivity index (χ2n) is 14.1. The third-order valence-electron chi connectivity index (χ3n) is 11.0. The molecule has 10 aromatic carbocycles. The summed E-state index contributed by atoms with van der Waals surface area (Å²) in [7, 11) is 0. The van der Waals surface area contributed by atoms with E-state index in [0.717, 1.165) is 17.1 Å². The fourth-order valence-corrected chi connectivity index (χ4v) is 9.68. The van der Waals surface area contributed by atoms with E-state index < -0.39 is 0 Å². The van der Waals surface area contributed by atoms with Gasteiger partial charge < -0.3 is 4.90 Å². The van der Waals surface area contributed by atoms with Crippen LogP contribution in [0.4, 0.5) is 17.1 Å². The Bertz CT molecular complexity index is 3240. The van der Waals surface area contributed by atoms with Crippen LogP contribution < -0.4 is 4.90 Å². The number of benzene rings is 10. The van der Waals surface area contributed by atoms with Crippen molar-refractivity contribution in [3.8, 4) is 22.3 Å². The first-order valence-electron chi connectivity index (χ1n) is 18.5. The molecule has 0 aliphatic rings. The van der Waals surface area contributed by atoms with E-state index in [0.29, 0.717) is 0 Å². The minimum Gasteiger partial charge on any atom is -0.309 e. The van der Waals surface area contributed by atoms with Crippen LogP contribution in [0.5, 0.6) is 0 Å². The van der Waals surface area contributed by atoms with Crippen LogP contribution in [0.3, 0.4) is 0 Å². The third kappa shape index (κ3) is 4.92. The third-order valence-corrected chi connectivity index (χ3v) is 12.1. The van der Waals surface area contributed by atoms with Gasteiger partial charge in [0.15, 0.2) is 0 Å². The lowest BCUT2D eigenvalue weighted by molar-refractivity contribution is 1.31. The van der Waals surface area contributed by atoms with Crippen LogP contribution in [0.15, 0.2) is 200 Å². The van der Waals surface area contributed by atoms with Gasteiger partial charge in [0.05, 0.1) is 11.4 Å². The largest absolute Gasteiger partial charge is 0.309 e. The molecule has 0 fully saturated rings. The van der Waals surface area contributed by atoms with Gasteiger partial charge in [0, 0.05) is 36.8 Å². The molecule has 11 rings (SSSR count). The molecule has 0 N–H and O–H groups in total. The van der Waals surface area contributed by atoms with E-state index in [-0.39, 0.29) is 0 Å². The van der Waals surface area contributed by atoms with Crippen molar-refractivity contribution in [2.75, 3.05) is 4.90 Å². The predicted molar refractivity (Wildman–Crippen MR) is 235 cm³/mol. The molecule has 1 aromatic heterocycles. The summed E-state index contributed by atoms with van der Waals surface area (Å²) in [5, 5.41) is 12.4. The molecule has 0 saturated heterocycles. The molecule has 0 atom stereocenters. The highest BCUT2D eigenvalue weighted by Gasteiger charge is 2.24. The van der Waals surface area contributed by atoms with Crippen molar-refractivity contribution in [2.45, 2.75) is 0 Å². The van der Waals surface area contributed by atoms with Gasteiger partial charge in [0.2, 0.25) is 0 Å². The summed E-state index contributed by atoms with van der Waals surface area (Å²) in [6.45, 7) is 0. The van der Waals surface area contributed by atoms with E-state index >= 15 is 0 Å². The summed E-state index contributed by atoms with van der Waals surface area (Å²) in [6.07, 6.45) is 0. The van der Waals surface area contributed by atoms with E-state index in [1.807, 2.05) is 11.3 Å². The average molecular weight is 704 g/mol. The average Bonchev–Trinajstić information content (AvgIpc) is 3.62. The molecule has 0 spiro atoms. The first-order valence-corrected chi connectivity index (χ1v) is 19.3. The van der Waals surface area contributed by atoms with Crippen molar-refractivity contribution < 1.29 is 0 Å². The van der Waals surface area contributed by atoms with E-state index in [1.165, 1.54) is 85.5 Å². The van der Waals surface area contributed by atoms with Crippen LogP contribution in [0, 0.1) is 0 Å². The molecule has 1 heterocycles. The number of thiophene rings is 1. The van der Waals surface area contributed by atoms with E-state index in [1.54, 1.807) is 0 Å². The maximum Gasteiger partial charge on any atom is 0.0546 e. The maximum absolute atomic E-state index is 2.51. The number of hydrogen-bond donors (Lipinski definition) is 0. The summed E-state index contributed by atoms with van der Waals surface area (Å²) in [5.41, 5.74) is 8.26. The van der Waals surface area contributed by atoms with Gasteiger partial charge in [-0.15, -0.1) is 11.3 Å². The Balaban J connectivity index is 1.29. The highest BCUT2D eigenvalue weighted by molar-refractivity contribution is 7.25. The maximum atomic E-state index is 2.51. The van der Waals surface area contributed by atoms with Crippen LogP contribution in [-0.4, -0.2) is 0 Å². The Hall–Kier alpha value is -6.74. The summed E-state index contributed by atoms with van der Waals surface area (Å²) in [6, 6.07) is 73.8. The Labute approximate surface area is 317 Å². The minimum atomic E-state index is 1.12. The summed E-state index contributed by atoms with van der Waals surface area (Å²) in [5.74, 6) is 0. The zero-order chi connectivity index (χ0) is 35.6. The summed E-state index contributed by atoms with van der Waals surface area (Å²) >= 11 is 1.87. The van der Waals surface area contributed by atoms with E-state index in [2.05, 4.69) is 205 Å². The van der Waals surface area contributed by atoms with Crippen molar-refractivity contribution >= 4 is 91.7 Å². The predicted octanol–water partition coefficient (Wildman–Crippen LogP) is 15.5. The van der Waals surface area contributed by atoms with Crippen molar-refractivity contribution in [3.05, 3.63) is 200 Å². The van der Waals surface area contributed by atoms with Crippen LogP contribution >= 0.6 is 11.3 Å². The molecule has 0 unspecified atom stereocenters. The lowest BCUT2D eigenvalue weighted by Crippen LogP contribution is -2.12. The first-order chi connectivity index (χ1) is 26.8. The molecular formula is C52H33NS. The zero-order valence-corrected chi connectivity index (χ0v) is 30.2. The lowest BCUT2D eigenvalue weighted by Gasteiger charge is -2.31. The Morgan fingerprint density at radius 3 is 1.76 bits per heavy atom. The lowest BCUT2D eigenvalue weighted by atomic mass is 9.89. The standard InChI is InChI=1S/C52H33NS/c1-3-15-38-32-40(29-26-34(38)12-1)51-43(44-21-11-25-49-52(44)45-19-7-8-24-48(45)54-49)20-10-23-47(51)53(41-31-30-35-13-2-4-16-39(35)33-41)46-22-9-17-37-28-27-36-14-5-6-18-42(36)50(37)46/h1-33H. The molecule has 0 saturated carbocycles. The molecule has 0 bridgehead atoms. The normalized spacial score (nSPS) is 11.7. The fourth-order valence-electron chi connectivity index (χ4n) is 8.55. The fraction of sp³-hybridized carbons (Fsp3) is 0. The summed E-state index contributed by atoms with van der Waals surface area (Å²) < 4.78 is 2.61. The highest BCUT2D eigenvalue weighted by atomic mass is 32.1. The van der Waals surface area contributed by atoms with Gasteiger partial charge >= 0.3 is 0 Å². The van der Waals surface area contributed by atoms with E-state index in [4.69, 9.17) is 0 Å². The van der Waals surface area contributed by atoms with Crippen molar-refractivity contribution in [3.63, 3.8) is 0 Å². The summed E-state index contributed by atoms with van der Waals surface area (Å²) in [4.78, 5) is 2.51. The SMILES string of the molecule is c1cc(-c2cccc3sc4ccccc4c23)c(-c2ccc3ccccc3c2)c(N(c2ccc3ccccc3c2)c2cccc3ccc4ccccc4c23)c1. The van der Waals surface area contributed by atoms with Gasteiger partial charge in [0.1, 0.15) is 0 Å². The van der Waals surface area contributed by atoms with Gasteiger partial charge in [-0.25, -0.2) is 0 Å². The van der Waals surface area contributed by atoms with Gasteiger partial charge in [-0.3, -0.25) is 0 Å². The second-order valence-corrected chi connectivity index (χ2v) is 15.2. The van der Waals surface area contributed by atoms with Gasteiger partial charge in [-0.05, 0) is 96.9 Å². The number of hydrogen-bond acceptors (Lipinski definition) is 2. The molecule has 54 heavy (non-hydrogen) atoms. The van der Waals surface area contributed by atoms with Crippen LogP contribution in [-0.2, 0) is 0 Å². The topological polar surface area (TPSA) is 3.24 Å². The number of nitrogens with zero attached hydrogens (tertiary/aromatic N) is 1.